The van der Waals surface area contributed by atoms with Crippen LogP contribution in [0.5, 0.6) is 11.5 Å². The number of phenols is 1. The van der Waals surface area contributed by atoms with Crippen LogP contribution in [0.4, 0.5) is 5.69 Å². The first-order chi connectivity index (χ1) is 8.86. The van der Waals surface area contributed by atoms with Crippen LogP contribution < -0.4 is 4.74 Å². The minimum atomic E-state index is -0.873. The summed E-state index contributed by atoms with van der Waals surface area (Å²) in [5, 5.41) is 20.4. The third-order valence-electron chi connectivity index (χ3n) is 2.10. The molecule has 1 aromatic rings. The van der Waals surface area contributed by atoms with Crippen molar-refractivity contribution in [1.82, 2.24) is 0 Å². The number of methoxy groups -OCH3 is 1. The van der Waals surface area contributed by atoms with Gasteiger partial charge in [0.15, 0.2) is 11.5 Å². The van der Waals surface area contributed by atoms with Crippen molar-refractivity contribution in [2.45, 2.75) is 6.92 Å². The average molecular weight is 269 g/mol. The Bertz CT molecular complexity index is 538. The number of carbonyl (C=O) groups excluding carboxylic acids is 2. The van der Waals surface area contributed by atoms with Gasteiger partial charge in [0.25, 0.3) is 0 Å². The largest absolute Gasteiger partial charge is 0.500 e. The highest BCUT2D eigenvalue weighted by molar-refractivity contribution is 5.91. The monoisotopic (exact) mass is 269 g/mol. The Hall–Kier alpha value is -2.64. The van der Waals surface area contributed by atoms with Crippen LogP contribution in [0, 0.1) is 10.1 Å². The molecule has 0 aliphatic carbocycles. The van der Waals surface area contributed by atoms with Gasteiger partial charge in [-0.25, -0.2) is 4.79 Å². The minimum absolute atomic E-state index is 0.162. The molecule has 102 valence electrons. The van der Waals surface area contributed by atoms with E-state index in [4.69, 9.17) is 4.74 Å². The van der Waals surface area contributed by atoms with E-state index >= 15 is 0 Å². The zero-order chi connectivity index (χ0) is 14.6. The van der Waals surface area contributed by atoms with Crippen molar-refractivity contribution < 1.29 is 29.1 Å². The molecule has 19 heavy (non-hydrogen) atoms. The summed E-state index contributed by atoms with van der Waals surface area (Å²) in [5.74, 6) is -2.25. The predicted octanol–water partition coefficient (Wildman–Crippen LogP) is 1.05. The number of phenolic OH excluding ortho intramolecular Hbond substituents is 1. The van der Waals surface area contributed by atoms with Gasteiger partial charge in [-0.15, -0.1) is 0 Å². The highest BCUT2D eigenvalue weighted by Gasteiger charge is 2.23. The quantitative estimate of drug-likeness (QED) is 0.482. The van der Waals surface area contributed by atoms with E-state index in [0.29, 0.717) is 0 Å². The van der Waals surface area contributed by atoms with Crippen LogP contribution in [0.15, 0.2) is 12.1 Å². The van der Waals surface area contributed by atoms with E-state index < -0.39 is 22.3 Å². The normalized spacial score (nSPS) is 9.79. The molecule has 0 aliphatic heterocycles. The first-order valence-corrected chi connectivity index (χ1v) is 5.08. The van der Waals surface area contributed by atoms with Crippen LogP contribution in [-0.2, 0) is 9.53 Å². The molecular formula is C11H11NO7. The lowest BCUT2D eigenvalue weighted by atomic mass is 10.1. The van der Waals surface area contributed by atoms with Gasteiger partial charge in [-0.2, -0.15) is 0 Å². The average Bonchev–Trinajstić information content (AvgIpc) is 2.36. The lowest BCUT2D eigenvalue weighted by molar-refractivity contribution is -0.386. The maximum Gasteiger partial charge on any atom is 0.338 e. The van der Waals surface area contributed by atoms with Gasteiger partial charge < -0.3 is 14.6 Å². The molecule has 0 aromatic heterocycles. The number of ketones is 1. The van der Waals surface area contributed by atoms with E-state index in [1.165, 1.54) is 6.92 Å². The Morgan fingerprint density at radius 2 is 2.05 bits per heavy atom. The molecule has 0 heterocycles. The summed E-state index contributed by atoms with van der Waals surface area (Å²) in [6.07, 6.45) is 0. The number of carbonyl (C=O) groups is 2. The number of rotatable bonds is 5. The van der Waals surface area contributed by atoms with Crippen LogP contribution in [0.2, 0.25) is 0 Å². The Kier molecular flexibility index (Phi) is 4.41. The van der Waals surface area contributed by atoms with E-state index in [1.54, 1.807) is 0 Å². The SMILES string of the molecule is COC(=O)c1cc(OCC(C)=O)c(O)c([N+](=O)[O-])c1. The Labute approximate surface area is 107 Å². The van der Waals surface area contributed by atoms with Crippen molar-refractivity contribution in [3.63, 3.8) is 0 Å². The molecule has 0 saturated carbocycles. The molecule has 8 nitrogen and oxygen atoms in total. The van der Waals surface area contributed by atoms with Crippen molar-refractivity contribution in [2.24, 2.45) is 0 Å². The van der Waals surface area contributed by atoms with Crippen LogP contribution in [0.25, 0.3) is 0 Å². The third-order valence-corrected chi connectivity index (χ3v) is 2.10. The zero-order valence-electron chi connectivity index (χ0n) is 10.2. The highest BCUT2D eigenvalue weighted by Crippen LogP contribution is 2.37. The second kappa shape index (κ2) is 5.80. The van der Waals surface area contributed by atoms with Gasteiger partial charge in [0.1, 0.15) is 6.61 Å². The van der Waals surface area contributed by atoms with E-state index in [0.717, 1.165) is 19.2 Å². The molecule has 0 fully saturated rings. The summed E-state index contributed by atoms with van der Waals surface area (Å²) >= 11 is 0. The maximum atomic E-state index is 11.3. The van der Waals surface area contributed by atoms with Crippen LogP contribution in [0.3, 0.4) is 0 Å². The van der Waals surface area contributed by atoms with E-state index in [1.807, 2.05) is 0 Å². The molecule has 1 N–H and O–H groups in total. The summed E-state index contributed by atoms with van der Waals surface area (Å²) in [6, 6.07) is 1.93. The fourth-order valence-electron chi connectivity index (χ4n) is 1.26. The lowest BCUT2D eigenvalue weighted by Gasteiger charge is -2.08. The second-order valence-corrected chi connectivity index (χ2v) is 3.58. The third kappa shape index (κ3) is 3.41. The molecule has 0 amide bonds. The van der Waals surface area contributed by atoms with Gasteiger partial charge in [-0.1, -0.05) is 0 Å². The summed E-state index contributed by atoms with van der Waals surface area (Å²) < 4.78 is 9.34. The highest BCUT2D eigenvalue weighted by atomic mass is 16.6. The molecule has 1 rings (SSSR count). The molecule has 1 aromatic carbocycles. The van der Waals surface area contributed by atoms with Gasteiger partial charge >= 0.3 is 11.7 Å². The van der Waals surface area contributed by atoms with Crippen LogP contribution in [0.1, 0.15) is 17.3 Å². The zero-order valence-corrected chi connectivity index (χ0v) is 10.2. The van der Waals surface area contributed by atoms with Crippen molar-refractivity contribution in [1.29, 1.82) is 0 Å². The molecule has 0 unspecified atom stereocenters. The fraction of sp³-hybridized carbons (Fsp3) is 0.273. The Morgan fingerprint density at radius 3 is 2.53 bits per heavy atom. The fourth-order valence-corrected chi connectivity index (χ4v) is 1.26. The molecule has 0 radical (unpaired) electrons. The van der Waals surface area contributed by atoms with E-state index in [-0.39, 0.29) is 23.7 Å². The van der Waals surface area contributed by atoms with Gasteiger partial charge in [-0.05, 0) is 13.0 Å². The summed E-state index contributed by atoms with van der Waals surface area (Å²) in [7, 11) is 1.11. The second-order valence-electron chi connectivity index (χ2n) is 3.58. The number of hydrogen-bond acceptors (Lipinski definition) is 7. The topological polar surface area (TPSA) is 116 Å². The summed E-state index contributed by atoms with van der Waals surface area (Å²) in [6.45, 7) is 0.866. The molecule has 0 spiro atoms. The van der Waals surface area contributed by atoms with Crippen LogP contribution >= 0.6 is 0 Å². The van der Waals surface area contributed by atoms with Crippen molar-refractivity contribution >= 4 is 17.4 Å². The molecule has 0 bridgehead atoms. The number of nitro groups is 1. The molecule has 8 heteroatoms. The maximum absolute atomic E-state index is 11.3. The van der Waals surface area contributed by atoms with Crippen molar-refractivity contribution in [3.05, 3.63) is 27.8 Å². The summed E-state index contributed by atoms with van der Waals surface area (Å²) in [5.41, 5.74) is -0.869. The number of esters is 1. The van der Waals surface area contributed by atoms with Crippen molar-refractivity contribution in [3.8, 4) is 11.5 Å². The van der Waals surface area contributed by atoms with Gasteiger partial charge in [0, 0.05) is 6.07 Å². The number of aromatic hydroxyl groups is 1. The number of hydrogen-bond donors (Lipinski definition) is 1. The number of nitrogens with zero attached hydrogens (tertiary/aromatic N) is 1. The smallest absolute Gasteiger partial charge is 0.338 e. The van der Waals surface area contributed by atoms with Crippen LogP contribution in [-0.4, -0.2) is 35.5 Å². The first-order valence-electron chi connectivity index (χ1n) is 5.08. The number of ether oxygens (including phenoxy) is 2. The number of Topliss-reactive ketones (excluding diaryl/α,β-unsaturated/α-hetero) is 1. The first kappa shape index (κ1) is 14.4. The predicted molar refractivity (Wildman–Crippen MR) is 62.3 cm³/mol. The van der Waals surface area contributed by atoms with E-state index in [2.05, 4.69) is 4.74 Å². The minimum Gasteiger partial charge on any atom is -0.500 e. The summed E-state index contributed by atoms with van der Waals surface area (Å²) in [4.78, 5) is 32.0. The molecule has 0 atom stereocenters. The van der Waals surface area contributed by atoms with Gasteiger partial charge in [0.2, 0.25) is 5.75 Å². The number of benzene rings is 1. The molecule has 0 aliphatic rings. The van der Waals surface area contributed by atoms with Gasteiger partial charge in [-0.3, -0.25) is 14.9 Å². The molecule has 0 saturated heterocycles. The lowest BCUT2D eigenvalue weighted by Crippen LogP contribution is -2.09. The van der Waals surface area contributed by atoms with E-state index in [9.17, 15) is 24.8 Å². The Morgan fingerprint density at radius 1 is 1.42 bits per heavy atom. The van der Waals surface area contributed by atoms with Crippen molar-refractivity contribution in [2.75, 3.05) is 13.7 Å². The standard InChI is InChI=1S/C11H11NO7/c1-6(13)5-19-9-4-7(11(15)18-2)3-8(10(9)14)12(16)17/h3-4,14H,5H2,1-2H3. The number of nitro benzene ring substituents is 1. The molecular weight excluding hydrogens is 258 g/mol. The Balaban J connectivity index is 3.27. The van der Waals surface area contributed by atoms with Gasteiger partial charge in [0.05, 0.1) is 17.6 Å².